The van der Waals surface area contributed by atoms with Crippen LogP contribution in [0.1, 0.15) is 29.4 Å². The number of hydrogen-bond acceptors (Lipinski definition) is 5. The maximum atomic E-state index is 11.7. The lowest BCUT2D eigenvalue weighted by molar-refractivity contribution is 0.0505. The molecule has 0 fully saturated rings. The number of carbonyl (C=O) groups excluding carboxylic acids is 1. The smallest absolute Gasteiger partial charge is 0.338 e. The van der Waals surface area contributed by atoms with Gasteiger partial charge in [0.25, 0.3) is 0 Å². The van der Waals surface area contributed by atoms with Gasteiger partial charge in [-0.1, -0.05) is 6.92 Å². The molecule has 0 radical (unpaired) electrons. The third-order valence-electron chi connectivity index (χ3n) is 2.89. The first-order valence-electron chi connectivity index (χ1n) is 6.87. The normalized spacial score (nSPS) is 10.2. The number of ether oxygens (including phenoxy) is 1. The summed E-state index contributed by atoms with van der Waals surface area (Å²) < 4.78 is 5.08. The minimum atomic E-state index is -0.309. The van der Waals surface area contributed by atoms with Crippen molar-refractivity contribution in [3.63, 3.8) is 0 Å². The first-order chi connectivity index (χ1) is 10.1. The molecule has 0 unspecified atom stereocenters. The van der Waals surface area contributed by atoms with Gasteiger partial charge in [0.2, 0.25) is 0 Å². The Labute approximate surface area is 124 Å². The van der Waals surface area contributed by atoms with Gasteiger partial charge in [0.05, 0.1) is 17.9 Å². The summed E-state index contributed by atoms with van der Waals surface area (Å²) in [5.41, 5.74) is 8.67. The molecule has 0 spiro atoms. The van der Waals surface area contributed by atoms with E-state index in [2.05, 4.69) is 10.3 Å². The Bertz CT molecular complexity index is 624. The Morgan fingerprint density at radius 3 is 2.62 bits per heavy atom. The average molecular weight is 285 g/mol. The number of carbonyl (C=O) groups is 1. The summed E-state index contributed by atoms with van der Waals surface area (Å²) in [6.45, 7) is 4.29. The lowest BCUT2D eigenvalue weighted by atomic mass is 10.2. The zero-order chi connectivity index (χ0) is 15.2. The Hall–Kier alpha value is -2.56. The van der Waals surface area contributed by atoms with Crippen LogP contribution in [0.25, 0.3) is 0 Å². The lowest BCUT2D eigenvalue weighted by Gasteiger charge is -2.09. The number of anilines is 3. The molecule has 0 aliphatic carbocycles. The SMILES string of the molecule is CCCOC(=O)c1ccc(Nc2nc(C)ccc2N)cc1. The number of aryl methyl sites for hydroxylation is 1. The topological polar surface area (TPSA) is 77.2 Å². The monoisotopic (exact) mass is 285 g/mol. The van der Waals surface area contributed by atoms with Gasteiger partial charge < -0.3 is 15.8 Å². The maximum absolute atomic E-state index is 11.7. The van der Waals surface area contributed by atoms with E-state index in [9.17, 15) is 4.79 Å². The summed E-state index contributed by atoms with van der Waals surface area (Å²) >= 11 is 0. The molecule has 1 aromatic heterocycles. The van der Waals surface area contributed by atoms with E-state index in [1.165, 1.54) is 0 Å². The van der Waals surface area contributed by atoms with Crippen LogP contribution in [0.3, 0.4) is 0 Å². The number of pyridine rings is 1. The van der Waals surface area contributed by atoms with Crippen molar-refractivity contribution in [3.05, 3.63) is 47.7 Å². The lowest BCUT2D eigenvalue weighted by Crippen LogP contribution is -2.06. The predicted molar refractivity (Wildman–Crippen MR) is 83.7 cm³/mol. The van der Waals surface area contributed by atoms with E-state index in [-0.39, 0.29) is 5.97 Å². The number of hydrogen-bond donors (Lipinski definition) is 2. The van der Waals surface area contributed by atoms with E-state index in [0.717, 1.165) is 17.8 Å². The maximum Gasteiger partial charge on any atom is 0.338 e. The molecule has 0 atom stereocenters. The van der Waals surface area contributed by atoms with Crippen LogP contribution in [0.5, 0.6) is 0 Å². The zero-order valence-electron chi connectivity index (χ0n) is 12.2. The van der Waals surface area contributed by atoms with Crippen LogP contribution in [0.2, 0.25) is 0 Å². The van der Waals surface area contributed by atoms with Crippen LogP contribution in [-0.2, 0) is 4.74 Å². The molecule has 0 bridgehead atoms. The second-order valence-corrected chi connectivity index (χ2v) is 4.73. The number of nitrogens with zero attached hydrogens (tertiary/aromatic N) is 1. The molecule has 0 aliphatic heterocycles. The van der Waals surface area contributed by atoms with Crippen molar-refractivity contribution >= 4 is 23.2 Å². The van der Waals surface area contributed by atoms with E-state index in [4.69, 9.17) is 10.5 Å². The molecular weight excluding hydrogens is 266 g/mol. The number of nitrogens with two attached hydrogens (primary N) is 1. The van der Waals surface area contributed by atoms with Gasteiger partial charge in [0.1, 0.15) is 0 Å². The van der Waals surface area contributed by atoms with Gasteiger partial charge in [-0.25, -0.2) is 9.78 Å². The summed E-state index contributed by atoms with van der Waals surface area (Å²) in [4.78, 5) is 16.0. The molecule has 110 valence electrons. The van der Waals surface area contributed by atoms with Crippen LogP contribution in [0.4, 0.5) is 17.2 Å². The highest BCUT2D eigenvalue weighted by atomic mass is 16.5. The van der Waals surface area contributed by atoms with Gasteiger partial charge in [0.15, 0.2) is 5.82 Å². The van der Waals surface area contributed by atoms with Gasteiger partial charge in [-0.15, -0.1) is 0 Å². The van der Waals surface area contributed by atoms with E-state index in [1.807, 2.05) is 19.9 Å². The zero-order valence-corrected chi connectivity index (χ0v) is 12.2. The number of nitrogens with one attached hydrogen (secondary N) is 1. The molecule has 2 rings (SSSR count). The molecule has 0 amide bonds. The van der Waals surface area contributed by atoms with Gasteiger partial charge >= 0.3 is 5.97 Å². The number of nitrogen functional groups attached to an aromatic ring is 1. The summed E-state index contributed by atoms with van der Waals surface area (Å²) in [5, 5.41) is 3.13. The van der Waals surface area contributed by atoms with Crippen LogP contribution in [0, 0.1) is 6.92 Å². The summed E-state index contributed by atoms with van der Waals surface area (Å²) in [5.74, 6) is 0.299. The number of rotatable bonds is 5. The average Bonchev–Trinajstić information content (AvgIpc) is 2.49. The molecule has 21 heavy (non-hydrogen) atoms. The first-order valence-corrected chi connectivity index (χ1v) is 6.87. The quantitative estimate of drug-likeness (QED) is 0.824. The highest BCUT2D eigenvalue weighted by Crippen LogP contribution is 2.21. The summed E-state index contributed by atoms with van der Waals surface area (Å²) in [6.07, 6.45) is 0.809. The summed E-state index contributed by atoms with van der Waals surface area (Å²) in [6, 6.07) is 10.7. The molecule has 0 saturated carbocycles. The molecule has 2 aromatic rings. The number of benzene rings is 1. The number of aromatic nitrogens is 1. The minimum Gasteiger partial charge on any atom is -0.462 e. The third kappa shape index (κ3) is 3.95. The molecule has 0 aliphatic rings. The van der Waals surface area contributed by atoms with Crippen molar-refractivity contribution in [2.75, 3.05) is 17.7 Å². The van der Waals surface area contributed by atoms with E-state index in [1.54, 1.807) is 30.3 Å². The first kappa shape index (κ1) is 14.8. The van der Waals surface area contributed by atoms with Crippen LogP contribution in [0.15, 0.2) is 36.4 Å². The minimum absolute atomic E-state index is 0.309. The molecule has 0 saturated heterocycles. The van der Waals surface area contributed by atoms with Gasteiger partial charge in [-0.05, 0) is 49.7 Å². The molecule has 1 heterocycles. The predicted octanol–water partition coefficient (Wildman–Crippen LogP) is 3.28. The fraction of sp³-hybridized carbons (Fsp3) is 0.250. The van der Waals surface area contributed by atoms with Gasteiger partial charge in [0, 0.05) is 11.4 Å². The van der Waals surface area contributed by atoms with E-state index >= 15 is 0 Å². The molecule has 5 nitrogen and oxygen atoms in total. The highest BCUT2D eigenvalue weighted by molar-refractivity contribution is 5.90. The largest absolute Gasteiger partial charge is 0.462 e. The Kier molecular flexibility index (Phi) is 4.77. The van der Waals surface area contributed by atoms with Crippen molar-refractivity contribution in [1.29, 1.82) is 0 Å². The van der Waals surface area contributed by atoms with Gasteiger partial charge in [-0.2, -0.15) is 0 Å². The number of esters is 1. The molecule has 5 heteroatoms. The van der Waals surface area contributed by atoms with Gasteiger partial charge in [-0.3, -0.25) is 0 Å². The van der Waals surface area contributed by atoms with Crippen molar-refractivity contribution in [1.82, 2.24) is 4.98 Å². The summed E-state index contributed by atoms with van der Waals surface area (Å²) in [7, 11) is 0. The van der Waals surface area contributed by atoms with Crippen molar-refractivity contribution < 1.29 is 9.53 Å². The standard InChI is InChI=1S/C16H19N3O2/c1-3-10-21-16(20)12-5-7-13(8-6-12)19-15-14(17)9-4-11(2)18-15/h4-9H,3,10,17H2,1-2H3,(H,18,19). The molecule has 3 N–H and O–H groups in total. The third-order valence-corrected chi connectivity index (χ3v) is 2.89. The second-order valence-electron chi connectivity index (χ2n) is 4.73. The molecular formula is C16H19N3O2. The second kappa shape index (κ2) is 6.74. The van der Waals surface area contributed by atoms with Crippen LogP contribution < -0.4 is 11.1 Å². The fourth-order valence-corrected chi connectivity index (χ4v) is 1.77. The van der Waals surface area contributed by atoms with Crippen LogP contribution in [-0.4, -0.2) is 17.6 Å². The van der Waals surface area contributed by atoms with E-state index < -0.39 is 0 Å². The fourth-order valence-electron chi connectivity index (χ4n) is 1.77. The van der Waals surface area contributed by atoms with Crippen molar-refractivity contribution in [2.45, 2.75) is 20.3 Å². The Morgan fingerprint density at radius 1 is 1.24 bits per heavy atom. The van der Waals surface area contributed by atoms with Crippen molar-refractivity contribution in [2.24, 2.45) is 0 Å². The Balaban J connectivity index is 2.09. The van der Waals surface area contributed by atoms with Crippen molar-refractivity contribution in [3.8, 4) is 0 Å². The Morgan fingerprint density at radius 2 is 1.95 bits per heavy atom. The van der Waals surface area contributed by atoms with Crippen LogP contribution >= 0.6 is 0 Å². The highest BCUT2D eigenvalue weighted by Gasteiger charge is 2.07. The van der Waals surface area contributed by atoms with E-state index in [0.29, 0.717) is 23.7 Å². The molecule has 1 aromatic carbocycles.